The van der Waals surface area contributed by atoms with E-state index in [4.69, 9.17) is 4.74 Å². The third kappa shape index (κ3) is 2.96. The lowest BCUT2D eigenvalue weighted by Gasteiger charge is -2.28. The van der Waals surface area contributed by atoms with Crippen molar-refractivity contribution in [2.24, 2.45) is 0 Å². The van der Waals surface area contributed by atoms with Crippen LogP contribution in [0.4, 0.5) is 0 Å². The molecule has 2 aromatic rings. The quantitative estimate of drug-likeness (QED) is 0.926. The van der Waals surface area contributed by atoms with Gasteiger partial charge in [0.05, 0.1) is 7.11 Å². The maximum absolute atomic E-state index is 12.7. The first-order valence-corrected chi connectivity index (χ1v) is 6.87. The second-order valence-corrected chi connectivity index (χ2v) is 4.90. The van der Waals surface area contributed by atoms with E-state index in [-0.39, 0.29) is 18.3 Å². The normalized spacial score (nSPS) is 14.6. The highest BCUT2D eigenvalue weighted by Crippen LogP contribution is 2.29. The largest absolute Gasteiger partial charge is 0.496 e. The van der Waals surface area contributed by atoms with Crippen LogP contribution < -0.4 is 10.1 Å². The number of hydrogen-bond acceptors (Lipinski definition) is 3. The van der Waals surface area contributed by atoms with Crippen molar-refractivity contribution in [1.29, 1.82) is 0 Å². The van der Waals surface area contributed by atoms with Crippen LogP contribution in [0.1, 0.15) is 10.4 Å². The first kappa shape index (κ1) is 15.6. The highest BCUT2D eigenvalue weighted by molar-refractivity contribution is 6.08. The van der Waals surface area contributed by atoms with E-state index in [9.17, 15) is 4.79 Å². The molecule has 112 valence electrons. The molecule has 0 unspecified atom stereocenters. The summed E-state index contributed by atoms with van der Waals surface area (Å²) in [6.07, 6.45) is 0. The van der Waals surface area contributed by atoms with Gasteiger partial charge in [-0.3, -0.25) is 4.79 Å². The van der Waals surface area contributed by atoms with Gasteiger partial charge in [0.25, 0.3) is 5.91 Å². The van der Waals surface area contributed by atoms with Crippen molar-refractivity contribution in [3.05, 3.63) is 42.0 Å². The zero-order valence-corrected chi connectivity index (χ0v) is 12.8. The number of hydrogen-bond donors (Lipinski definition) is 1. The highest BCUT2D eigenvalue weighted by Gasteiger charge is 2.20. The first-order valence-electron chi connectivity index (χ1n) is 6.87. The molecule has 1 heterocycles. The average molecular weight is 307 g/mol. The standard InChI is InChI=1S/C16H18N2O2.ClH/c1-20-15-7-6-14(12-4-2-3-5-13(12)15)16(19)18-10-8-17-9-11-18;/h2-7,17H,8-11H2,1H3;1H. The molecule has 0 atom stereocenters. The summed E-state index contributed by atoms with van der Waals surface area (Å²) in [4.78, 5) is 14.6. The molecule has 2 aromatic carbocycles. The lowest BCUT2D eigenvalue weighted by molar-refractivity contribution is 0.0738. The van der Waals surface area contributed by atoms with Gasteiger partial charge in [-0.15, -0.1) is 12.4 Å². The molecule has 3 rings (SSSR count). The summed E-state index contributed by atoms with van der Waals surface area (Å²) in [5.74, 6) is 0.905. The number of rotatable bonds is 2. The zero-order chi connectivity index (χ0) is 13.9. The van der Waals surface area contributed by atoms with Gasteiger partial charge in [-0.05, 0) is 17.5 Å². The van der Waals surface area contributed by atoms with Crippen molar-refractivity contribution in [2.75, 3.05) is 33.3 Å². The Morgan fingerprint density at radius 2 is 1.76 bits per heavy atom. The molecule has 0 aliphatic carbocycles. The Hall–Kier alpha value is -1.78. The van der Waals surface area contributed by atoms with Crippen LogP contribution in [0.3, 0.4) is 0 Å². The molecule has 1 saturated heterocycles. The van der Waals surface area contributed by atoms with Crippen LogP contribution in [0.2, 0.25) is 0 Å². The van der Waals surface area contributed by atoms with Gasteiger partial charge in [-0.25, -0.2) is 0 Å². The smallest absolute Gasteiger partial charge is 0.254 e. The minimum Gasteiger partial charge on any atom is -0.496 e. The molecular formula is C16H19ClN2O2. The number of carbonyl (C=O) groups excluding carboxylic acids is 1. The Morgan fingerprint density at radius 1 is 1.10 bits per heavy atom. The van der Waals surface area contributed by atoms with Crippen LogP contribution >= 0.6 is 12.4 Å². The molecule has 1 fully saturated rings. The predicted octanol–water partition coefficient (Wildman–Crippen LogP) is 2.32. The Morgan fingerprint density at radius 3 is 2.43 bits per heavy atom. The van der Waals surface area contributed by atoms with Gasteiger partial charge in [-0.2, -0.15) is 0 Å². The molecule has 4 nitrogen and oxygen atoms in total. The second kappa shape index (κ2) is 6.78. The van der Waals surface area contributed by atoms with E-state index >= 15 is 0 Å². The molecule has 0 saturated carbocycles. The molecule has 1 N–H and O–H groups in total. The number of benzene rings is 2. The first-order chi connectivity index (χ1) is 9.81. The summed E-state index contributed by atoms with van der Waals surface area (Å²) in [6, 6.07) is 11.6. The van der Waals surface area contributed by atoms with Crippen LogP contribution in [-0.4, -0.2) is 44.1 Å². The van der Waals surface area contributed by atoms with Crippen molar-refractivity contribution in [1.82, 2.24) is 10.2 Å². The SMILES string of the molecule is COc1ccc(C(=O)N2CCNCC2)c2ccccc12.Cl. The minimum atomic E-state index is 0. The monoisotopic (exact) mass is 306 g/mol. The maximum atomic E-state index is 12.7. The molecule has 0 bridgehead atoms. The van der Waals surface area contributed by atoms with Crippen LogP contribution in [0, 0.1) is 0 Å². The van der Waals surface area contributed by atoms with Crippen molar-refractivity contribution in [3.8, 4) is 5.75 Å². The topological polar surface area (TPSA) is 41.6 Å². The van der Waals surface area contributed by atoms with Gasteiger partial charge in [0.15, 0.2) is 0 Å². The number of carbonyl (C=O) groups is 1. The fourth-order valence-electron chi connectivity index (χ4n) is 2.67. The predicted molar refractivity (Wildman–Crippen MR) is 86.5 cm³/mol. The third-order valence-corrected chi connectivity index (χ3v) is 3.74. The van der Waals surface area contributed by atoms with E-state index < -0.39 is 0 Å². The van der Waals surface area contributed by atoms with Crippen molar-refractivity contribution in [3.63, 3.8) is 0 Å². The number of halogens is 1. The van der Waals surface area contributed by atoms with E-state index in [1.807, 2.05) is 41.3 Å². The van der Waals surface area contributed by atoms with E-state index in [1.54, 1.807) is 7.11 Å². The van der Waals surface area contributed by atoms with Crippen molar-refractivity contribution >= 4 is 29.1 Å². The molecule has 0 aromatic heterocycles. The minimum absolute atomic E-state index is 0. The molecule has 0 spiro atoms. The van der Waals surface area contributed by atoms with Crippen molar-refractivity contribution in [2.45, 2.75) is 0 Å². The van der Waals surface area contributed by atoms with E-state index in [2.05, 4.69) is 5.32 Å². The maximum Gasteiger partial charge on any atom is 0.254 e. The lowest BCUT2D eigenvalue weighted by atomic mass is 10.0. The van der Waals surface area contributed by atoms with Crippen LogP contribution in [0.25, 0.3) is 10.8 Å². The number of piperazine rings is 1. The molecule has 21 heavy (non-hydrogen) atoms. The molecular weight excluding hydrogens is 288 g/mol. The summed E-state index contributed by atoms with van der Waals surface area (Å²) in [5.41, 5.74) is 0.753. The molecule has 1 aliphatic heterocycles. The Labute approximate surface area is 130 Å². The fraction of sp³-hybridized carbons (Fsp3) is 0.312. The summed E-state index contributed by atoms with van der Waals surface area (Å²) in [5, 5.41) is 5.20. The highest BCUT2D eigenvalue weighted by atomic mass is 35.5. The summed E-state index contributed by atoms with van der Waals surface area (Å²) < 4.78 is 5.37. The summed E-state index contributed by atoms with van der Waals surface area (Å²) in [7, 11) is 1.65. The van der Waals surface area contributed by atoms with Crippen LogP contribution in [0.15, 0.2) is 36.4 Å². The molecule has 1 aliphatic rings. The second-order valence-electron chi connectivity index (χ2n) is 4.90. The van der Waals surface area contributed by atoms with Gasteiger partial charge < -0.3 is 15.0 Å². The molecule has 5 heteroatoms. The third-order valence-electron chi connectivity index (χ3n) is 3.74. The molecule has 1 amide bonds. The number of ether oxygens (including phenoxy) is 1. The molecule has 0 radical (unpaired) electrons. The van der Waals surface area contributed by atoms with E-state index in [1.165, 1.54) is 0 Å². The number of fused-ring (bicyclic) bond motifs is 1. The van der Waals surface area contributed by atoms with E-state index in [0.717, 1.165) is 48.3 Å². The lowest BCUT2D eigenvalue weighted by Crippen LogP contribution is -2.46. The number of methoxy groups -OCH3 is 1. The van der Waals surface area contributed by atoms with Crippen LogP contribution in [0.5, 0.6) is 5.75 Å². The van der Waals surface area contributed by atoms with Gasteiger partial charge in [0.2, 0.25) is 0 Å². The number of amides is 1. The fourth-order valence-corrected chi connectivity index (χ4v) is 2.67. The van der Waals surface area contributed by atoms with Gasteiger partial charge in [0.1, 0.15) is 5.75 Å². The zero-order valence-electron chi connectivity index (χ0n) is 12.0. The Balaban J connectivity index is 0.00000161. The summed E-state index contributed by atoms with van der Waals surface area (Å²) >= 11 is 0. The van der Waals surface area contributed by atoms with Gasteiger partial charge in [0, 0.05) is 37.1 Å². The van der Waals surface area contributed by atoms with E-state index in [0.29, 0.717) is 0 Å². The van der Waals surface area contributed by atoms with Crippen LogP contribution in [-0.2, 0) is 0 Å². The van der Waals surface area contributed by atoms with Crippen molar-refractivity contribution < 1.29 is 9.53 Å². The Kier molecular flexibility index (Phi) is 5.04. The summed E-state index contributed by atoms with van der Waals surface area (Å²) in [6.45, 7) is 3.25. The number of nitrogens with one attached hydrogen (secondary N) is 1. The van der Waals surface area contributed by atoms with Gasteiger partial charge in [-0.1, -0.05) is 24.3 Å². The Bertz CT molecular complexity index is 639. The average Bonchev–Trinajstić information content (AvgIpc) is 2.54. The number of nitrogens with zero attached hydrogens (tertiary/aromatic N) is 1. The van der Waals surface area contributed by atoms with Gasteiger partial charge >= 0.3 is 0 Å².